The predicted octanol–water partition coefficient (Wildman–Crippen LogP) is 4.63. The third kappa shape index (κ3) is 4.70. The standard InChI is InChI=1S/C21H23N3OS/c1-15(2)17-8-5-16(6-9-17)7-10-20(25)22-12-11-18-21(24-14-23-18)19-4-3-13-26-19/h3-10,13-15H,11-12H2,1-2H3,(H,22,25)(H,23,24)/b10-7+. The Bertz CT molecular complexity index is 861. The van der Waals surface area contributed by atoms with Crippen molar-refractivity contribution in [2.45, 2.75) is 26.2 Å². The van der Waals surface area contributed by atoms with Crippen LogP contribution in [0.25, 0.3) is 16.6 Å². The molecule has 134 valence electrons. The molecule has 0 aliphatic heterocycles. The first-order chi connectivity index (χ1) is 12.6. The van der Waals surface area contributed by atoms with E-state index in [0.29, 0.717) is 12.5 Å². The number of thiophene rings is 1. The highest BCUT2D eigenvalue weighted by atomic mass is 32.1. The maximum absolute atomic E-state index is 12.0. The van der Waals surface area contributed by atoms with Crippen molar-refractivity contribution in [3.8, 4) is 10.6 Å². The van der Waals surface area contributed by atoms with E-state index in [-0.39, 0.29) is 5.91 Å². The third-order valence-electron chi connectivity index (χ3n) is 4.18. The first-order valence-electron chi connectivity index (χ1n) is 8.75. The van der Waals surface area contributed by atoms with Gasteiger partial charge in [0.1, 0.15) is 5.69 Å². The van der Waals surface area contributed by atoms with E-state index in [1.807, 2.05) is 29.7 Å². The summed E-state index contributed by atoms with van der Waals surface area (Å²) >= 11 is 1.66. The molecule has 2 N–H and O–H groups in total. The zero-order valence-corrected chi connectivity index (χ0v) is 15.8. The molecule has 1 amide bonds. The molecule has 0 atom stereocenters. The van der Waals surface area contributed by atoms with Crippen LogP contribution in [0.3, 0.4) is 0 Å². The largest absolute Gasteiger partial charge is 0.352 e. The van der Waals surface area contributed by atoms with Crippen LogP contribution in [0.4, 0.5) is 0 Å². The molecule has 0 fully saturated rings. The smallest absolute Gasteiger partial charge is 0.244 e. The number of nitrogens with one attached hydrogen (secondary N) is 2. The van der Waals surface area contributed by atoms with E-state index >= 15 is 0 Å². The zero-order chi connectivity index (χ0) is 18.4. The Kier molecular flexibility index (Phi) is 6.02. The maximum Gasteiger partial charge on any atom is 0.244 e. The second-order valence-corrected chi connectivity index (χ2v) is 7.35. The number of H-pyrrole nitrogens is 1. The summed E-state index contributed by atoms with van der Waals surface area (Å²) in [6, 6.07) is 12.3. The first-order valence-corrected chi connectivity index (χ1v) is 9.63. The van der Waals surface area contributed by atoms with Gasteiger partial charge in [-0.3, -0.25) is 4.79 Å². The molecule has 4 nitrogen and oxygen atoms in total. The minimum atomic E-state index is -0.0878. The van der Waals surface area contributed by atoms with Gasteiger partial charge in [0.15, 0.2) is 0 Å². The minimum Gasteiger partial charge on any atom is -0.352 e. The molecule has 0 unspecified atom stereocenters. The molecule has 0 aliphatic rings. The summed E-state index contributed by atoms with van der Waals surface area (Å²) in [6.45, 7) is 4.90. The van der Waals surface area contributed by atoms with Crippen molar-refractivity contribution in [3.05, 3.63) is 71.0 Å². The van der Waals surface area contributed by atoms with Crippen LogP contribution in [0, 0.1) is 0 Å². The highest BCUT2D eigenvalue weighted by molar-refractivity contribution is 7.13. The Morgan fingerprint density at radius 2 is 2.08 bits per heavy atom. The Labute approximate surface area is 158 Å². The van der Waals surface area contributed by atoms with Crippen LogP contribution >= 0.6 is 11.3 Å². The zero-order valence-electron chi connectivity index (χ0n) is 15.0. The van der Waals surface area contributed by atoms with Crippen molar-refractivity contribution in [1.29, 1.82) is 0 Å². The van der Waals surface area contributed by atoms with Gasteiger partial charge in [-0.05, 0) is 34.6 Å². The molecule has 0 bridgehead atoms. The fourth-order valence-corrected chi connectivity index (χ4v) is 3.42. The number of nitrogens with zero attached hydrogens (tertiary/aromatic N) is 1. The van der Waals surface area contributed by atoms with Gasteiger partial charge in [0.05, 0.1) is 11.2 Å². The Morgan fingerprint density at radius 3 is 2.77 bits per heavy atom. The molecule has 0 aliphatic carbocycles. The molecule has 3 rings (SSSR count). The summed E-state index contributed by atoms with van der Waals surface area (Å²) in [4.78, 5) is 20.7. The van der Waals surface area contributed by atoms with Gasteiger partial charge >= 0.3 is 0 Å². The van der Waals surface area contributed by atoms with Crippen LogP contribution in [0.15, 0.2) is 54.2 Å². The van der Waals surface area contributed by atoms with Crippen molar-refractivity contribution in [2.24, 2.45) is 0 Å². The SMILES string of the molecule is CC(C)c1ccc(/C=C/C(=O)NCCc2[nH]cnc2-c2cccs2)cc1. The summed E-state index contributed by atoms with van der Waals surface area (Å²) in [5, 5.41) is 4.96. The number of imidazole rings is 1. The van der Waals surface area contributed by atoms with E-state index in [4.69, 9.17) is 0 Å². The summed E-state index contributed by atoms with van der Waals surface area (Å²) in [5.41, 5.74) is 4.34. The molecule has 0 saturated carbocycles. The monoisotopic (exact) mass is 365 g/mol. The van der Waals surface area contributed by atoms with Gasteiger partial charge in [0, 0.05) is 24.7 Å². The second kappa shape index (κ2) is 8.63. The molecule has 0 radical (unpaired) electrons. The summed E-state index contributed by atoms with van der Waals surface area (Å²) in [5.74, 6) is 0.424. The first kappa shape index (κ1) is 18.1. The van der Waals surface area contributed by atoms with Crippen LogP contribution in [0.2, 0.25) is 0 Å². The average molecular weight is 366 g/mol. The predicted molar refractivity (Wildman–Crippen MR) is 108 cm³/mol. The van der Waals surface area contributed by atoms with Crippen molar-refractivity contribution in [1.82, 2.24) is 15.3 Å². The van der Waals surface area contributed by atoms with Gasteiger partial charge < -0.3 is 10.3 Å². The lowest BCUT2D eigenvalue weighted by Crippen LogP contribution is -2.23. The van der Waals surface area contributed by atoms with E-state index in [0.717, 1.165) is 28.2 Å². The number of benzene rings is 1. The van der Waals surface area contributed by atoms with Gasteiger partial charge in [-0.1, -0.05) is 44.2 Å². The van der Waals surface area contributed by atoms with Gasteiger partial charge in [0.25, 0.3) is 0 Å². The Hall–Kier alpha value is -2.66. The highest BCUT2D eigenvalue weighted by Crippen LogP contribution is 2.25. The molecule has 5 heteroatoms. The van der Waals surface area contributed by atoms with Gasteiger partial charge in [-0.15, -0.1) is 11.3 Å². The number of rotatable bonds is 7. The van der Waals surface area contributed by atoms with Crippen molar-refractivity contribution in [3.63, 3.8) is 0 Å². The molecule has 1 aromatic carbocycles. The number of hydrogen-bond donors (Lipinski definition) is 2. The molecule has 2 heterocycles. The maximum atomic E-state index is 12.0. The van der Waals surface area contributed by atoms with E-state index in [1.54, 1.807) is 23.7 Å². The lowest BCUT2D eigenvalue weighted by molar-refractivity contribution is -0.116. The lowest BCUT2D eigenvalue weighted by Gasteiger charge is -2.05. The molecular formula is C21H23N3OS. The number of hydrogen-bond acceptors (Lipinski definition) is 3. The fraction of sp³-hybridized carbons (Fsp3) is 0.238. The lowest BCUT2D eigenvalue weighted by atomic mass is 10.0. The molecule has 3 aromatic rings. The second-order valence-electron chi connectivity index (χ2n) is 6.40. The van der Waals surface area contributed by atoms with E-state index in [2.05, 4.69) is 47.3 Å². The summed E-state index contributed by atoms with van der Waals surface area (Å²) in [6.07, 6.45) is 5.84. The Balaban J connectivity index is 1.50. The van der Waals surface area contributed by atoms with E-state index in [9.17, 15) is 4.79 Å². The number of carbonyl (C=O) groups excluding carboxylic acids is 1. The summed E-state index contributed by atoms with van der Waals surface area (Å²) < 4.78 is 0. The normalized spacial score (nSPS) is 11.3. The van der Waals surface area contributed by atoms with Crippen LogP contribution in [0.5, 0.6) is 0 Å². The summed E-state index contributed by atoms with van der Waals surface area (Å²) in [7, 11) is 0. The number of aromatic nitrogens is 2. The molecule has 2 aromatic heterocycles. The third-order valence-corrected chi connectivity index (χ3v) is 5.05. The van der Waals surface area contributed by atoms with Crippen LogP contribution in [0.1, 0.15) is 36.6 Å². The van der Waals surface area contributed by atoms with Crippen molar-refractivity contribution in [2.75, 3.05) is 6.54 Å². The van der Waals surface area contributed by atoms with Crippen molar-refractivity contribution >= 4 is 23.3 Å². The fourth-order valence-electron chi connectivity index (χ4n) is 2.67. The molecular weight excluding hydrogens is 342 g/mol. The number of aromatic amines is 1. The van der Waals surface area contributed by atoms with Crippen molar-refractivity contribution < 1.29 is 4.79 Å². The average Bonchev–Trinajstić information content (AvgIpc) is 3.31. The van der Waals surface area contributed by atoms with Crippen LogP contribution in [-0.4, -0.2) is 22.4 Å². The quantitative estimate of drug-likeness (QED) is 0.600. The minimum absolute atomic E-state index is 0.0878. The van der Waals surface area contributed by atoms with Crippen LogP contribution in [-0.2, 0) is 11.2 Å². The van der Waals surface area contributed by atoms with Gasteiger partial charge in [-0.25, -0.2) is 4.98 Å². The van der Waals surface area contributed by atoms with E-state index in [1.165, 1.54) is 5.56 Å². The topological polar surface area (TPSA) is 57.8 Å². The molecule has 26 heavy (non-hydrogen) atoms. The highest BCUT2D eigenvalue weighted by Gasteiger charge is 2.09. The molecule has 0 saturated heterocycles. The van der Waals surface area contributed by atoms with Crippen LogP contribution < -0.4 is 5.32 Å². The number of carbonyl (C=O) groups is 1. The Morgan fingerprint density at radius 1 is 1.27 bits per heavy atom. The van der Waals surface area contributed by atoms with E-state index < -0.39 is 0 Å². The van der Waals surface area contributed by atoms with Gasteiger partial charge in [0.2, 0.25) is 5.91 Å². The number of amides is 1. The van der Waals surface area contributed by atoms with Gasteiger partial charge in [-0.2, -0.15) is 0 Å². The molecule has 0 spiro atoms.